The molecule has 0 aromatic carbocycles. The summed E-state index contributed by atoms with van der Waals surface area (Å²) in [6.07, 6.45) is 42.2. The molecule has 0 heterocycles. The molecule has 0 aliphatic heterocycles. The summed E-state index contributed by atoms with van der Waals surface area (Å²) in [6.45, 7) is 10.5. The largest absolute Gasteiger partial charge is 0.412 e. The van der Waals surface area contributed by atoms with Gasteiger partial charge >= 0.3 is 22.3 Å². The Morgan fingerprint density at radius 1 is 0.489 bits per heavy atom. The van der Waals surface area contributed by atoms with Crippen molar-refractivity contribution in [3.63, 3.8) is 0 Å². The normalized spacial score (nSPS) is 11.0. The van der Waals surface area contributed by atoms with Crippen molar-refractivity contribution in [1.29, 1.82) is 0 Å². The maximum Gasteiger partial charge on any atom is 0.394 e. The highest BCUT2D eigenvalue weighted by Crippen LogP contribution is 2.12. The summed E-state index contributed by atoms with van der Waals surface area (Å²) in [5.41, 5.74) is 0. The number of allylic oxidation sites excluding steroid dienone is 4. The van der Waals surface area contributed by atoms with Crippen molar-refractivity contribution < 1.29 is 37.3 Å². The molecule has 0 rings (SSSR count). The molecule has 0 saturated heterocycles. The molecule has 0 fully saturated rings. The monoisotopic (exact) mass is 691 g/mol. The Labute approximate surface area is 290 Å². The van der Waals surface area contributed by atoms with Crippen LogP contribution in [0.4, 0.5) is 0 Å². The molecule has 0 bridgehead atoms. The van der Waals surface area contributed by atoms with Crippen LogP contribution in [0, 0.1) is 0 Å². The standard InChI is InChI=1S/C36H66O3.C2H4.H2O4S.H2O/c1-3-5-7-9-11-13-15-17-19-21-23-25-27-29-31-33-35(37)39-36(38)34-32-30-28-26-24-22-20-18-16-14-12-10-8-6-4-2;1-2;1-5(2,3)4;/h17-20H,3-16,21-34H2,1-2H3;1-2H2;(H2,1,2,3,4);1H2/b19-17-,20-18?;;;. The van der Waals surface area contributed by atoms with Gasteiger partial charge in [0.05, 0.1) is 0 Å². The van der Waals surface area contributed by atoms with Crippen molar-refractivity contribution in [3.05, 3.63) is 37.5 Å². The van der Waals surface area contributed by atoms with Crippen molar-refractivity contribution in [2.45, 2.75) is 194 Å². The molecule has 0 radical (unpaired) electrons. The Kier molecular flexibility index (Phi) is 48.9. The molecule has 280 valence electrons. The fourth-order valence-electron chi connectivity index (χ4n) is 4.91. The van der Waals surface area contributed by atoms with Gasteiger partial charge in [-0.05, 0) is 64.2 Å². The van der Waals surface area contributed by atoms with Gasteiger partial charge in [-0.25, -0.2) is 0 Å². The Morgan fingerprint density at radius 2 is 0.702 bits per heavy atom. The maximum atomic E-state index is 11.9. The van der Waals surface area contributed by atoms with Crippen LogP contribution >= 0.6 is 0 Å². The second-order valence-corrected chi connectivity index (χ2v) is 12.9. The third-order valence-electron chi connectivity index (χ3n) is 7.51. The van der Waals surface area contributed by atoms with Gasteiger partial charge in [0, 0.05) is 12.8 Å². The first-order valence-corrected chi connectivity index (χ1v) is 19.8. The van der Waals surface area contributed by atoms with Crippen LogP contribution in [0.25, 0.3) is 0 Å². The van der Waals surface area contributed by atoms with Crippen molar-refractivity contribution in [2.24, 2.45) is 0 Å². The van der Waals surface area contributed by atoms with Crippen molar-refractivity contribution >= 4 is 22.3 Å². The highest BCUT2D eigenvalue weighted by molar-refractivity contribution is 7.79. The lowest BCUT2D eigenvalue weighted by Gasteiger charge is -2.04. The average molecular weight is 691 g/mol. The van der Waals surface area contributed by atoms with Gasteiger partial charge in [0.25, 0.3) is 0 Å². The van der Waals surface area contributed by atoms with Crippen LogP contribution in [0.3, 0.4) is 0 Å². The molecule has 4 N–H and O–H groups in total. The lowest BCUT2D eigenvalue weighted by molar-refractivity contribution is -0.159. The summed E-state index contributed by atoms with van der Waals surface area (Å²) in [5.74, 6) is -0.684. The van der Waals surface area contributed by atoms with Gasteiger partial charge < -0.3 is 10.2 Å². The molecule has 0 aromatic rings. The van der Waals surface area contributed by atoms with Gasteiger partial charge in [-0.15, -0.1) is 13.2 Å². The first-order valence-electron chi connectivity index (χ1n) is 18.4. The molecule has 0 amide bonds. The van der Waals surface area contributed by atoms with E-state index >= 15 is 0 Å². The quantitative estimate of drug-likeness (QED) is 0.0250. The molecule has 0 atom stereocenters. The number of rotatable bonds is 30. The predicted octanol–water partition coefficient (Wildman–Crippen LogP) is 11.5. The predicted molar refractivity (Wildman–Crippen MR) is 199 cm³/mol. The first kappa shape index (κ1) is 52.0. The SMILES string of the molecule is C=C.CCCCCCCCC=CCCCCCCCC(=O)OC(=O)CCCCCCC/C=C\CCCCCCCC.O.O=S(=O)(O)O. The lowest BCUT2D eigenvalue weighted by Crippen LogP contribution is -2.11. The van der Waals surface area contributed by atoms with E-state index < -0.39 is 10.4 Å². The number of carbonyl (C=O) groups excluding carboxylic acids is 2. The summed E-state index contributed by atoms with van der Waals surface area (Å²) < 4.78 is 36.6. The van der Waals surface area contributed by atoms with E-state index in [0.717, 1.165) is 38.5 Å². The van der Waals surface area contributed by atoms with E-state index in [9.17, 15) is 9.59 Å². The van der Waals surface area contributed by atoms with Crippen LogP contribution in [0.5, 0.6) is 0 Å². The van der Waals surface area contributed by atoms with E-state index in [1.807, 2.05) is 0 Å². The summed E-state index contributed by atoms with van der Waals surface area (Å²) >= 11 is 0. The minimum Gasteiger partial charge on any atom is -0.412 e. The molecule has 0 saturated carbocycles. The second kappa shape index (κ2) is 44.2. The Hall–Kier alpha value is -1.81. The Balaban J connectivity index is -0.00000105. The third-order valence-corrected chi connectivity index (χ3v) is 7.51. The van der Waals surface area contributed by atoms with Gasteiger partial charge in [-0.1, -0.05) is 141 Å². The fraction of sp³-hybridized carbons (Fsp3) is 0.789. The van der Waals surface area contributed by atoms with Crippen LogP contribution in [0.2, 0.25) is 0 Å². The van der Waals surface area contributed by atoms with Gasteiger partial charge in [0.15, 0.2) is 0 Å². The van der Waals surface area contributed by atoms with Gasteiger partial charge in [-0.2, -0.15) is 8.42 Å². The van der Waals surface area contributed by atoms with E-state index in [1.54, 1.807) is 0 Å². The van der Waals surface area contributed by atoms with Crippen LogP contribution < -0.4 is 0 Å². The molecule has 9 heteroatoms. The van der Waals surface area contributed by atoms with Crippen LogP contribution in [0.1, 0.15) is 194 Å². The summed E-state index contributed by atoms with van der Waals surface area (Å²) in [4.78, 5) is 23.8. The van der Waals surface area contributed by atoms with Gasteiger partial charge in [0.2, 0.25) is 0 Å². The van der Waals surface area contributed by atoms with E-state index in [1.165, 1.54) is 128 Å². The van der Waals surface area contributed by atoms with Crippen molar-refractivity contribution in [3.8, 4) is 0 Å². The maximum absolute atomic E-state index is 11.9. The summed E-state index contributed by atoms with van der Waals surface area (Å²) in [7, 11) is -4.67. The van der Waals surface area contributed by atoms with Crippen LogP contribution in [-0.4, -0.2) is 34.9 Å². The van der Waals surface area contributed by atoms with Gasteiger partial charge in [0.1, 0.15) is 0 Å². The number of hydrogen-bond acceptors (Lipinski definition) is 5. The summed E-state index contributed by atoms with van der Waals surface area (Å²) in [6, 6.07) is 0. The highest BCUT2D eigenvalue weighted by atomic mass is 32.3. The molecule has 47 heavy (non-hydrogen) atoms. The Bertz CT molecular complexity index is 751. The molecule has 0 aliphatic carbocycles. The van der Waals surface area contributed by atoms with Crippen LogP contribution in [-0.2, 0) is 24.7 Å². The van der Waals surface area contributed by atoms with Crippen molar-refractivity contribution in [1.82, 2.24) is 0 Å². The fourth-order valence-corrected chi connectivity index (χ4v) is 4.91. The Morgan fingerprint density at radius 3 is 0.957 bits per heavy atom. The molecule has 0 aliphatic rings. The van der Waals surface area contributed by atoms with Crippen molar-refractivity contribution in [2.75, 3.05) is 0 Å². The average Bonchev–Trinajstić information content (AvgIpc) is 3.01. The van der Waals surface area contributed by atoms with E-state index in [-0.39, 0.29) is 17.4 Å². The molecule has 0 unspecified atom stereocenters. The zero-order chi connectivity index (χ0) is 35.0. The topological polar surface area (TPSA) is 149 Å². The molecular formula is C38H74O8S. The van der Waals surface area contributed by atoms with E-state index in [4.69, 9.17) is 22.3 Å². The number of ether oxygens (including phenoxy) is 1. The number of hydrogen-bond donors (Lipinski definition) is 2. The first-order chi connectivity index (χ1) is 22.2. The minimum absolute atomic E-state index is 0. The number of unbranched alkanes of at least 4 members (excludes halogenated alkanes) is 22. The second-order valence-electron chi connectivity index (χ2n) is 12.0. The highest BCUT2D eigenvalue weighted by Gasteiger charge is 2.09. The molecular weight excluding hydrogens is 616 g/mol. The zero-order valence-corrected chi connectivity index (χ0v) is 31.2. The van der Waals surface area contributed by atoms with E-state index in [0.29, 0.717) is 12.8 Å². The molecule has 8 nitrogen and oxygen atoms in total. The van der Waals surface area contributed by atoms with Crippen LogP contribution in [0.15, 0.2) is 37.5 Å². The molecule has 0 spiro atoms. The third kappa shape index (κ3) is 60.1. The zero-order valence-electron chi connectivity index (χ0n) is 30.4. The number of esters is 2. The van der Waals surface area contributed by atoms with E-state index in [2.05, 4.69) is 51.3 Å². The molecule has 0 aromatic heterocycles. The smallest absolute Gasteiger partial charge is 0.394 e. The minimum atomic E-state index is -4.67. The van der Waals surface area contributed by atoms with Gasteiger partial charge in [-0.3, -0.25) is 18.7 Å². The number of carbonyl (C=O) groups is 2. The summed E-state index contributed by atoms with van der Waals surface area (Å²) in [5, 5.41) is 0. The lowest BCUT2D eigenvalue weighted by atomic mass is 10.1.